The third-order valence-corrected chi connectivity index (χ3v) is 6.65. The highest BCUT2D eigenvalue weighted by atomic mass is 16.5. The summed E-state index contributed by atoms with van der Waals surface area (Å²) in [6.07, 6.45) is 0. The monoisotopic (exact) mass is 504 g/mol. The van der Waals surface area contributed by atoms with Gasteiger partial charge < -0.3 is 10.1 Å². The van der Waals surface area contributed by atoms with Crippen LogP contribution in [-0.2, 0) is 23.4 Å². The number of nitriles is 1. The Morgan fingerprint density at radius 2 is 1.74 bits per heavy atom. The summed E-state index contributed by atoms with van der Waals surface area (Å²) in [4.78, 5) is 26.6. The summed E-state index contributed by atoms with van der Waals surface area (Å²) in [5.74, 6) is -2.15. The van der Waals surface area contributed by atoms with Gasteiger partial charge in [-0.15, -0.1) is 0 Å². The van der Waals surface area contributed by atoms with Crippen molar-refractivity contribution in [2.75, 3.05) is 0 Å². The number of hydrogen-bond donors (Lipinski definition) is 1. The van der Waals surface area contributed by atoms with Crippen LogP contribution in [0.5, 0.6) is 5.75 Å². The molecule has 5 rings (SSSR count). The van der Waals surface area contributed by atoms with Crippen LogP contribution in [0.1, 0.15) is 48.0 Å². The lowest BCUT2D eigenvalue weighted by molar-refractivity contribution is -0.122. The number of carbonyl (C=O) groups is 2. The lowest BCUT2D eigenvalue weighted by Crippen LogP contribution is -2.35. The minimum Gasteiger partial charge on any atom is -0.488 e. The van der Waals surface area contributed by atoms with E-state index in [2.05, 4.69) is 37.3 Å². The highest BCUT2D eigenvalue weighted by Crippen LogP contribution is 2.42. The van der Waals surface area contributed by atoms with Crippen molar-refractivity contribution < 1.29 is 14.3 Å². The second-order valence-electron chi connectivity index (χ2n) is 10.3. The van der Waals surface area contributed by atoms with Gasteiger partial charge in [-0.25, -0.2) is 4.68 Å². The Hall–Kier alpha value is -4.70. The molecule has 190 valence electrons. The van der Waals surface area contributed by atoms with Crippen LogP contribution in [-0.4, -0.2) is 21.5 Å². The highest BCUT2D eigenvalue weighted by Gasteiger charge is 2.36. The normalized spacial score (nSPS) is 12.9. The molecule has 0 fully saturated rings. The molecule has 1 amide bonds. The number of Topliss-reactive ketones (excluding diaryl/α,β-unsaturated/α-hetero) is 1. The van der Waals surface area contributed by atoms with E-state index in [9.17, 15) is 14.9 Å². The number of ketones is 1. The van der Waals surface area contributed by atoms with Gasteiger partial charge in [0.05, 0.1) is 17.5 Å². The third kappa shape index (κ3) is 4.69. The Labute approximate surface area is 221 Å². The first-order valence-corrected chi connectivity index (χ1v) is 12.5. The quantitative estimate of drug-likeness (QED) is 0.281. The number of benzene rings is 3. The predicted octanol–water partition coefficient (Wildman–Crippen LogP) is 5.37. The third-order valence-electron chi connectivity index (χ3n) is 6.65. The van der Waals surface area contributed by atoms with Crippen molar-refractivity contribution in [1.82, 2.24) is 15.1 Å². The fourth-order valence-corrected chi connectivity index (χ4v) is 4.54. The van der Waals surface area contributed by atoms with E-state index in [0.29, 0.717) is 11.3 Å². The topological polar surface area (TPSA) is 97.0 Å². The molecular weight excluding hydrogens is 476 g/mol. The first-order chi connectivity index (χ1) is 18.3. The van der Waals surface area contributed by atoms with Crippen molar-refractivity contribution >= 4 is 11.7 Å². The molecule has 0 bridgehead atoms. The van der Waals surface area contributed by atoms with Gasteiger partial charge in [0.2, 0.25) is 11.7 Å². The lowest BCUT2D eigenvalue weighted by Gasteiger charge is -2.24. The Kier molecular flexibility index (Phi) is 6.56. The molecule has 0 spiro atoms. The van der Waals surface area contributed by atoms with Crippen LogP contribution in [0.25, 0.3) is 16.9 Å². The smallest absolute Gasteiger partial charge is 0.245 e. The fourth-order valence-electron chi connectivity index (χ4n) is 4.54. The van der Waals surface area contributed by atoms with Crippen LogP contribution < -0.4 is 10.1 Å². The first kappa shape index (κ1) is 25.0. The Balaban J connectivity index is 1.57. The largest absolute Gasteiger partial charge is 0.488 e. The number of nitrogens with one attached hydrogen (secondary N) is 1. The number of aromatic nitrogens is 2. The van der Waals surface area contributed by atoms with Crippen molar-refractivity contribution in [1.29, 1.82) is 5.26 Å². The summed E-state index contributed by atoms with van der Waals surface area (Å²) in [6, 6.07) is 26.8. The van der Waals surface area contributed by atoms with Gasteiger partial charge in [0.1, 0.15) is 18.1 Å². The van der Waals surface area contributed by atoms with Crippen LogP contribution >= 0.6 is 0 Å². The van der Waals surface area contributed by atoms with E-state index in [1.54, 1.807) is 4.68 Å². The number of carbonyl (C=O) groups excluding carboxylic acids is 2. The van der Waals surface area contributed by atoms with Gasteiger partial charge in [-0.1, -0.05) is 75.4 Å². The Bertz CT molecular complexity index is 1540. The fraction of sp³-hybridized carbons (Fsp3) is 0.226. The Morgan fingerprint density at radius 3 is 2.39 bits per heavy atom. The number of hydrogen-bond acceptors (Lipinski definition) is 5. The molecule has 0 radical (unpaired) electrons. The number of fused-ring (bicyclic) bond motifs is 3. The average molecular weight is 505 g/mol. The molecule has 7 nitrogen and oxygen atoms in total. The number of rotatable bonds is 6. The zero-order valence-corrected chi connectivity index (χ0v) is 21.6. The molecule has 0 saturated carbocycles. The molecule has 4 aromatic rings. The van der Waals surface area contributed by atoms with Crippen LogP contribution in [0.2, 0.25) is 0 Å². The molecule has 1 unspecified atom stereocenters. The molecule has 0 aliphatic carbocycles. The van der Waals surface area contributed by atoms with E-state index in [4.69, 9.17) is 4.74 Å². The second kappa shape index (κ2) is 9.98. The number of nitrogens with zero attached hydrogens (tertiary/aromatic N) is 3. The van der Waals surface area contributed by atoms with E-state index >= 15 is 0 Å². The van der Waals surface area contributed by atoms with Gasteiger partial charge in [-0.3, -0.25) is 9.59 Å². The van der Waals surface area contributed by atoms with Crippen molar-refractivity contribution in [3.63, 3.8) is 0 Å². The van der Waals surface area contributed by atoms with Crippen LogP contribution in [0.3, 0.4) is 0 Å². The van der Waals surface area contributed by atoms with E-state index in [1.807, 2.05) is 78.9 Å². The van der Waals surface area contributed by atoms with E-state index in [1.165, 1.54) is 0 Å². The van der Waals surface area contributed by atoms with Crippen molar-refractivity contribution in [2.24, 2.45) is 5.92 Å². The molecule has 1 N–H and O–H groups in total. The van der Waals surface area contributed by atoms with Crippen LogP contribution in [0.15, 0.2) is 78.9 Å². The highest BCUT2D eigenvalue weighted by molar-refractivity contribution is 6.12. The van der Waals surface area contributed by atoms with Crippen molar-refractivity contribution in [3.8, 4) is 28.8 Å². The Morgan fingerprint density at radius 1 is 1.05 bits per heavy atom. The zero-order chi connectivity index (χ0) is 26.9. The van der Waals surface area contributed by atoms with Gasteiger partial charge in [0.15, 0.2) is 5.92 Å². The zero-order valence-electron chi connectivity index (χ0n) is 21.6. The molecule has 1 aliphatic rings. The van der Waals surface area contributed by atoms with Gasteiger partial charge in [-0.05, 0) is 40.8 Å². The number of ether oxygens (including phenoxy) is 1. The molecule has 1 aliphatic heterocycles. The van der Waals surface area contributed by atoms with Gasteiger partial charge >= 0.3 is 0 Å². The van der Waals surface area contributed by atoms with E-state index < -0.39 is 17.6 Å². The summed E-state index contributed by atoms with van der Waals surface area (Å²) < 4.78 is 7.76. The summed E-state index contributed by atoms with van der Waals surface area (Å²) in [5.41, 5.74) is 4.81. The molecule has 3 aromatic carbocycles. The maximum Gasteiger partial charge on any atom is 0.245 e. The van der Waals surface area contributed by atoms with Crippen LogP contribution in [0, 0.1) is 17.2 Å². The summed E-state index contributed by atoms with van der Waals surface area (Å²) in [5, 5.41) is 17.2. The molecule has 38 heavy (non-hydrogen) atoms. The molecular formula is C31H28N4O3. The van der Waals surface area contributed by atoms with Crippen molar-refractivity contribution in [2.45, 2.75) is 39.3 Å². The molecule has 1 aromatic heterocycles. The molecule has 7 heteroatoms. The maximum atomic E-state index is 13.7. The van der Waals surface area contributed by atoms with Gasteiger partial charge in [0.25, 0.3) is 0 Å². The van der Waals surface area contributed by atoms with Crippen LogP contribution in [0.4, 0.5) is 0 Å². The SMILES string of the molecule is CC(C)(C)c1ccc2c(c1)-c1c(c(C(=O)C(C#N)C(=O)NCc3ccccc3)nn1-c1ccccc1)CO2. The minimum absolute atomic E-state index is 0.0667. The standard InChI is InChI=1S/C31H28N4O3/c1-31(2,3)21-14-15-26-23(16-21)28-25(19-38-26)27(34-35(28)22-12-8-5-9-13-22)29(36)24(17-32)30(37)33-18-20-10-6-4-7-11-20/h4-16,24H,18-19H2,1-3H3,(H,33,37). The lowest BCUT2D eigenvalue weighted by atomic mass is 9.85. The second-order valence-corrected chi connectivity index (χ2v) is 10.3. The van der Waals surface area contributed by atoms with E-state index in [0.717, 1.165) is 28.1 Å². The minimum atomic E-state index is -1.54. The molecule has 0 saturated heterocycles. The molecule has 2 heterocycles. The predicted molar refractivity (Wildman–Crippen MR) is 144 cm³/mol. The number of para-hydroxylation sites is 1. The molecule has 1 atom stereocenters. The van der Waals surface area contributed by atoms with Crippen molar-refractivity contribution in [3.05, 3.63) is 101 Å². The maximum absolute atomic E-state index is 13.7. The van der Waals surface area contributed by atoms with E-state index in [-0.39, 0.29) is 24.3 Å². The number of amides is 1. The van der Waals surface area contributed by atoms with Gasteiger partial charge in [0, 0.05) is 17.7 Å². The first-order valence-electron chi connectivity index (χ1n) is 12.5. The van der Waals surface area contributed by atoms with Gasteiger partial charge in [-0.2, -0.15) is 10.4 Å². The average Bonchev–Trinajstić information content (AvgIpc) is 3.33. The summed E-state index contributed by atoms with van der Waals surface area (Å²) >= 11 is 0. The summed E-state index contributed by atoms with van der Waals surface area (Å²) in [6.45, 7) is 6.72. The summed E-state index contributed by atoms with van der Waals surface area (Å²) in [7, 11) is 0.